The first kappa shape index (κ1) is 20.7. The summed E-state index contributed by atoms with van der Waals surface area (Å²) in [5, 5.41) is 0. The first-order valence-electron chi connectivity index (χ1n) is 9.23. The number of carbonyl (C=O) groups excluding carboxylic acids is 1. The summed E-state index contributed by atoms with van der Waals surface area (Å²) in [7, 11) is 0. The third kappa shape index (κ3) is 9.75. The Balaban J connectivity index is 2.39. The lowest BCUT2D eigenvalue weighted by molar-refractivity contribution is -0.147. The van der Waals surface area contributed by atoms with Crippen molar-refractivity contribution in [2.45, 2.75) is 66.7 Å². The summed E-state index contributed by atoms with van der Waals surface area (Å²) in [5.74, 6) is -0.109. The van der Waals surface area contributed by atoms with E-state index in [1.807, 2.05) is 6.08 Å². The van der Waals surface area contributed by atoms with Crippen LogP contribution in [-0.4, -0.2) is 37.1 Å². The molecule has 0 aromatic carbocycles. The van der Waals surface area contributed by atoms with Crippen LogP contribution in [0.1, 0.15) is 66.7 Å². The van der Waals surface area contributed by atoms with E-state index in [9.17, 15) is 4.79 Å². The standard InChI is InChI=1S/C21H35NO2/c1-18(2)10-9-11-19(3)12-13-21(4,5)17-24-20(23)16-22-14-7-6-8-15-22/h10,13H,6-9,11,14-17H2,1-5H3. The van der Waals surface area contributed by atoms with Crippen molar-refractivity contribution in [1.82, 2.24) is 4.90 Å². The van der Waals surface area contributed by atoms with Gasteiger partial charge in [-0.3, -0.25) is 9.69 Å². The van der Waals surface area contributed by atoms with Crippen molar-refractivity contribution in [3.63, 3.8) is 0 Å². The Hall–Kier alpha value is -1.31. The molecule has 1 heterocycles. The maximum Gasteiger partial charge on any atom is 0.320 e. The molecule has 0 N–H and O–H groups in total. The fourth-order valence-electron chi connectivity index (χ4n) is 2.62. The van der Waals surface area contributed by atoms with Gasteiger partial charge >= 0.3 is 5.97 Å². The quantitative estimate of drug-likeness (QED) is 0.360. The predicted octanol–water partition coefficient (Wildman–Crippen LogP) is 4.89. The van der Waals surface area contributed by atoms with Crippen LogP contribution in [0.15, 0.2) is 29.0 Å². The number of esters is 1. The summed E-state index contributed by atoms with van der Waals surface area (Å²) in [6.07, 6.45) is 10.0. The average molecular weight is 334 g/mol. The van der Waals surface area contributed by atoms with Gasteiger partial charge in [-0.2, -0.15) is 0 Å². The molecular formula is C21H35NO2. The van der Waals surface area contributed by atoms with E-state index in [-0.39, 0.29) is 11.4 Å². The van der Waals surface area contributed by atoms with Crippen LogP contribution in [0.2, 0.25) is 0 Å². The van der Waals surface area contributed by atoms with Gasteiger partial charge < -0.3 is 4.74 Å². The minimum atomic E-state index is -0.185. The van der Waals surface area contributed by atoms with Gasteiger partial charge in [0.25, 0.3) is 0 Å². The van der Waals surface area contributed by atoms with Gasteiger partial charge in [-0.25, -0.2) is 0 Å². The van der Waals surface area contributed by atoms with Crippen LogP contribution in [0.3, 0.4) is 0 Å². The molecule has 3 nitrogen and oxygen atoms in total. The molecule has 24 heavy (non-hydrogen) atoms. The van der Waals surface area contributed by atoms with Gasteiger partial charge in [0.2, 0.25) is 0 Å². The van der Waals surface area contributed by atoms with Gasteiger partial charge in [0.15, 0.2) is 0 Å². The second kappa shape index (κ2) is 10.5. The molecule has 0 saturated carbocycles. The van der Waals surface area contributed by atoms with E-state index in [4.69, 9.17) is 4.74 Å². The molecule has 0 aliphatic carbocycles. The number of nitrogens with zero attached hydrogens (tertiary/aromatic N) is 1. The highest BCUT2D eigenvalue weighted by atomic mass is 16.5. The number of piperidine rings is 1. The topological polar surface area (TPSA) is 29.5 Å². The molecule has 3 heteroatoms. The van der Waals surface area contributed by atoms with E-state index in [1.54, 1.807) is 0 Å². The van der Waals surface area contributed by atoms with Crippen LogP contribution >= 0.6 is 0 Å². The van der Waals surface area contributed by atoms with E-state index in [1.165, 1.54) is 30.4 Å². The van der Waals surface area contributed by atoms with Crippen molar-refractivity contribution in [2.75, 3.05) is 26.2 Å². The lowest BCUT2D eigenvalue weighted by atomic mass is 9.94. The van der Waals surface area contributed by atoms with E-state index < -0.39 is 0 Å². The molecule has 0 spiro atoms. The summed E-state index contributed by atoms with van der Waals surface area (Å²) in [6.45, 7) is 13.4. The minimum absolute atomic E-state index is 0.109. The maximum atomic E-state index is 12.0. The number of hydrogen-bond donors (Lipinski definition) is 0. The van der Waals surface area contributed by atoms with Gasteiger partial charge in [0.05, 0.1) is 6.54 Å². The molecule has 0 aromatic heterocycles. The smallest absolute Gasteiger partial charge is 0.320 e. The SMILES string of the molecule is CC(=C=CC(C)(C)COC(=O)CN1CCCCC1)CCC=C(C)C. The fourth-order valence-corrected chi connectivity index (χ4v) is 2.62. The number of allylic oxidation sites excluding steroid dienone is 2. The third-order valence-corrected chi connectivity index (χ3v) is 4.19. The van der Waals surface area contributed by atoms with Crippen molar-refractivity contribution in [3.8, 4) is 0 Å². The molecule has 0 aromatic rings. The van der Waals surface area contributed by atoms with Crippen molar-refractivity contribution in [3.05, 3.63) is 29.0 Å². The number of likely N-dealkylation sites (tertiary alicyclic amines) is 1. The first-order valence-corrected chi connectivity index (χ1v) is 9.23. The molecular weight excluding hydrogens is 298 g/mol. The first-order chi connectivity index (χ1) is 11.3. The van der Waals surface area contributed by atoms with E-state index in [0.29, 0.717) is 13.2 Å². The van der Waals surface area contributed by atoms with Crippen LogP contribution < -0.4 is 0 Å². The molecule has 0 radical (unpaired) electrons. The van der Waals surface area contributed by atoms with Crippen molar-refractivity contribution in [1.29, 1.82) is 0 Å². The van der Waals surface area contributed by atoms with Gasteiger partial charge in [-0.05, 0) is 71.2 Å². The highest BCUT2D eigenvalue weighted by molar-refractivity contribution is 5.71. The summed E-state index contributed by atoms with van der Waals surface area (Å²) in [5.41, 5.74) is 5.77. The summed E-state index contributed by atoms with van der Waals surface area (Å²) in [6, 6.07) is 0. The molecule has 1 aliphatic heterocycles. The zero-order chi connectivity index (χ0) is 18.0. The molecule has 0 unspecified atom stereocenters. The highest BCUT2D eigenvalue weighted by Crippen LogP contribution is 2.18. The second-order valence-corrected chi connectivity index (χ2v) is 7.88. The van der Waals surface area contributed by atoms with E-state index >= 15 is 0 Å². The summed E-state index contributed by atoms with van der Waals surface area (Å²) >= 11 is 0. The molecule has 0 atom stereocenters. The number of ether oxygens (including phenoxy) is 1. The Morgan fingerprint density at radius 3 is 2.46 bits per heavy atom. The zero-order valence-electron chi connectivity index (χ0n) is 16.3. The maximum absolute atomic E-state index is 12.0. The monoisotopic (exact) mass is 333 g/mol. The second-order valence-electron chi connectivity index (χ2n) is 7.88. The third-order valence-electron chi connectivity index (χ3n) is 4.19. The molecule has 1 fully saturated rings. The molecule has 1 rings (SSSR count). The Morgan fingerprint density at radius 1 is 1.17 bits per heavy atom. The molecule has 1 aliphatic rings. The lowest BCUT2D eigenvalue weighted by Gasteiger charge is -2.26. The van der Waals surface area contributed by atoms with Crippen molar-refractivity contribution in [2.24, 2.45) is 5.41 Å². The van der Waals surface area contributed by atoms with Crippen LogP contribution in [0, 0.1) is 5.41 Å². The summed E-state index contributed by atoms with van der Waals surface area (Å²) in [4.78, 5) is 14.2. The van der Waals surface area contributed by atoms with Crippen molar-refractivity contribution >= 4 is 5.97 Å². The van der Waals surface area contributed by atoms with Gasteiger partial charge in [0, 0.05) is 5.41 Å². The van der Waals surface area contributed by atoms with Crippen LogP contribution in [0.25, 0.3) is 0 Å². The zero-order valence-corrected chi connectivity index (χ0v) is 16.3. The predicted molar refractivity (Wildman–Crippen MR) is 101 cm³/mol. The molecule has 1 saturated heterocycles. The van der Waals surface area contributed by atoms with Gasteiger partial charge in [-0.1, -0.05) is 31.9 Å². The van der Waals surface area contributed by atoms with Crippen molar-refractivity contribution < 1.29 is 9.53 Å². The number of hydrogen-bond acceptors (Lipinski definition) is 3. The molecule has 0 amide bonds. The molecule has 0 bridgehead atoms. The lowest BCUT2D eigenvalue weighted by Crippen LogP contribution is -2.36. The molecule has 136 valence electrons. The van der Waals surface area contributed by atoms with E-state index in [0.717, 1.165) is 25.9 Å². The highest BCUT2D eigenvalue weighted by Gasteiger charge is 2.19. The number of carbonyl (C=O) groups is 1. The average Bonchev–Trinajstić information content (AvgIpc) is 2.52. The summed E-state index contributed by atoms with van der Waals surface area (Å²) < 4.78 is 5.48. The largest absolute Gasteiger partial charge is 0.464 e. The van der Waals surface area contributed by atoms with Crippen LogP contribution in [-0.2, 0) is 9.53 Å². The normalized spacial score (nSPS) is 15.4. The Morgan fingerprint density at radius 2 is 1.83 bits per heavy atom. The Bertz CT molecular complexity index is 486. The van der Waals surface area contributed by atoms with Crippen LogP contribution in [0.5, 0.6) is 0 Å². The van der Waals surface area contributed by atoms with E-state index in [2.05, 4.69) is 51.3 Å². The van der Waals surface area contributed by atoms with Crippen LogP contribution in [0.4, 0.5) is 0 Å². The van der Waals surface area contributed by atoms with Gasteiger partial charge in [0.1, 0.15) is 6.61 Å². The fraction of sp³-hybridized carbons (Fsp3) is 0.714. The Labute approximate surface area is 148 Å². The minimum Gasteiger partial charge on any atom is -0.464 e. The Kier molecular flexibility index (Phi) is 9.10. The van der Waals surface area contributed by atoms with Gasteiger partial charge in [-0.15, -0.1) is 5.73 Å². The number of rotatable bonds is 8.